The minimum Gasteiger partial charge on any atom is -0.347 e. The van der Waals surface area contributed by atoms with Gasteiger partial charge in [0.1, 0.15) is 11.6 Å². The molecule has 1 unspecified atom stereocenters. The molecule has 1 aliphatic rings. The molecule has 0 amide bonds. The van der Waals surface area contributed by atoms with Crippen LogP contribution in [-0.4, -0.2) is 47.9 Å². The molecule has 3 aromatic heterocycles. The molecule has 2 N–H and O–H groups in total. The Balaban J connectivity index is 1.49. The fraction of sp³-hybridized carbons (Fsp3) is 0.389. The molecule has 1 atom stereocenters. The van der Waals surface area contributed by atoms with Gasteiger partial charge in [-0.3, -0.25) is 4.90 Å². The van der Waals surface area contributed by atoms with Gasteiger partial charge >= 0.3 is 0 Å². The first-order chi connectivity index (χ1) is 12.8. The van der Waals surface area contributed by atoms with E-state index in [1.807, 2.05) is 19.2 Å². The lowest BCUT2D eigenvalue weighted by atomic mass is 9.94. The van der Waals surface area contributed by atoms with Crippen LogP contribution in [0.3, 0.4) is 0 Å². The molecular formula is C18H22N8. The summed E-state index contributed by atoms with van der Waals surface area (Å²) in [5, 5.41) is 3.17. The highest BCUT2D eigenvalue weighted by atomic mass is 15.2. The quantitative estimate of drug-likeness (QED) is 0.729. The molecule has 8 nitrogen and oxygen atoms in total. The summed E-state index contributed by atoms with van der Waals surface area (Å²) in [4.78, 5) is 27.3. The summed E-state index contributed by atoms with van der Waals surface area (Å²) in [5.41, 5.74) is 2.22. The molecule has 0 aliphatic carbocycles. The molecular weight excluding hydrogens is 328 g/mol. The summed E-state index contributed by atoms with van der Waals surface area (Å²) in [6, 6.07) is 3.81. The Morgan fingerprint density at radius 1 is 1.27 bits per heavy atom. The van der Waals surface area contributed by atoms with Crippen LogP contribution in [0.5, 0.6) is 0 Å². The summed E-state index contributed by atoms with van der Waals surface area (Å²) in [7, 11) is 0. The van der Waals surface area contributed by atoms with Crippen molar-refractivity contribution in [3.05, 3.63) is 54.3 Å². The first-order valence-corrected chi connectivity index (χ1v) is 8.85. The molecule has 0 bridgehead atoms. The van der Waals surface area contributed by atoms with E-state index in [4.69, 9.17) is 4.98 Å². The molecule has 0 spiro atoms. The second-order valence-corrected chi connectivity index (χ2v) is 6.57. The van der Waals surface area contributed by atoms with Crippen molar-refractivity contribution in [2.24, 2.45) is 0 Å². The average Bonchev–Trinajstić information content (AvgIpc) is 3.15. The predicted molar refractivity (Wildman–Crippen MR) is 97.9 cm³/mol. The molecule has 1 aliphatic heterocycles. The standard InChI is InChI=1S/C18H22N8/c1-13-23-16(8-17(24-13)25-18-20-5-3-6-21-18)14-4-2-7-26(10-14)11-15-9-19-12-22-15/h3,5-6,8-9,12,14H,2,4,7,10-11H2,1H3,(H,19,22)(H,20,21,23,24,25). The minimum atomic E-state index is 0.394. The van der Waals surface area contributed by atoms with Crippen LogP contribution in [0.15, 0.2) is 37.1 Å². The zero-order valence-corrected chi connectivity index (χ0v) is 14.8. The zero-order chi connectivity index (χ0) is 17.8. The first-order valence-electron chi connectivity index (χ1n) is 8.85. The maximum Gasteiger partial charge on any atom is 0.228 e. The van der Waals surface area contributed by atoms with E-state index < -0.39 is 0 Å². The topological polar surface area (TPSA) is 95.5 Å². The normalized spacial score (nSPS) is 18.0. The number of nitrogens with one attached hydrogen (secondary N) is 2. The van der Waals surface area contributed by atoms with Gasteiger partial charge < -0.3 is 10.3 Å². The van der Waals surface area contributed by atoms with Crippen molar-refractivity contribution in [1.82, 2.24) is 34.8 Å². The van der Waals surface area contributed by atoms with Crippen molar-refractivity contribution in [3.8, 4) is 0 Å². The van der Waals surface area contributed by atoms with Crippen LogP contribution in [0.4, 0.5) is 11.8 Å². The van der Waals surface area contributed by atoms with Crippen LogP contribution in [-0.2, 0) is 6.54 Å². The molecule has 4 heterocycles. The Morgan fingerprint density at radius 2 is 2.15 bits per heavy atom. The highest BCUT2D eigenvalue weighted by molar-refractivity contribution is 5.48. The summed E-state index contributed by atoms with van der Waals surface area (Å²) in [5.74, 6) is 2.43. The van der Waals surface area contributed by atoms with E-state index >= 15 is 0 Å². The number of imidazole rings is 1. The predicted octanol–water partition coefficient (Wildman–Crippen LogP) is 2.42. The van der Waals surface area contributed by atoms with Crippen LogP contribution in [0.25, 0.3) is 0 Å². The molecule has 0 radical (unpaired) electrons. The highest BCUT2D eigenvalue weighted by Gasteiger charge is 2.23. The fourth-order valence-corrected chi connectivity index (χ4v) is 3.39. The zero-order valence-electron chi connectivity index (χ0n) is 14.8. The number of rotatable bonds is 5. The van der Waals surface area contributed by atoms with Crippen LogP contribution < -0.4 is 5.32 Å². The van der Waals surface area contributed by atoms with Gasteiger partial charge in [0.15, 0.2) is 0 Å². The first kappa shape index (κ1) is 16.6. The molecule has 0 saturated carbocycles. The molecule has 1 fully saturated rings. The van der Waals surface area contributed by atoms with Gasteiger partial charge in [-0.2, -0.15) is 0 Å². The van der Waals surface area contributed by atoms with Gasteiger partial charge in [-0.15, -0.1) is 0 Å². The number of hydrogen-bond donors (Lipinski definition) is 2. The SMILES string of the molecule is Cc1nc(Nc2ncccn2)cc(C2CCCN(Cc3cnc[nH]3)C2)n1. The highest BCUT2D eigenvalue weighted by Crippen LogP contribution is 2.28. The number of H-pyrrole nitrogens is 1. The van der Waals surface area contributed by atoms with E-state index in [2.05, 4.69) is 35.1 Å². The molecule has 8 heteroatoms. The number of hydrogen-bond acceptors (Lipinski definition) is 7. The van der Waals surface area contributed by atoms with Gasteiger partial charge in [-0.25, -0.2) is 24.9 Å². The van der Waals surface area contributed by atoms with Crippen molar-refractivity contribution in [2.75, 3.05) is 18.4 Å². The summed E-state index contributed by atoms with van der Waals surface area (Å²) < 4.78 is 0. The van der Waals surface area contributed by atoms with Crippen molar-refractivity contribution in [3.63, 3.8) is 0 Å². The smallest absolute Gasteiger partial charge is 0.228 e. The molecule has 0 aromatic carbocycles. The lowest BCUT2D eigenvalue weighted by molar-refractivity contribution is 0.196. The van der Waals surface area contributed by atoms with Crippen molar-refractivity contribution in [1.29, 1.82) is 0 Å². The number of aromatic nitrogens is 6. The monoisotopic (exact) mass is 350 g/mol. The Bertz CT molecular complexity index is 834. The van der Waals surface area contributed by atoms with Gasteiger partial charge in [-0.1, -0.05) is 0 Å². The largest absolute Gasteiger partial charge is 0.347 e. The second kappa shape index (κ2) is 7.57. The third kappa shape index (κ3) is 4.02. The number of piperidine rings is 1. The molecule has 3 aromatic rings. The van der Waals surface area contributed by atoms with E-state index in [0.717, 1.165) is 55.5 Å². The number of likely N-dealkylation sites (tertiary alicyclic amines) is 1. The average molecular weight is 350 g/mol. The van der Waals surface area contributed by atoms with E-state index in [9.17, 15) is 0 Å². The maximum absolute atomic E-state index is 4.69. The molecule has 4 rings (SSSR count). The van der Waals surface area contributed by atoms with Crippen LogP contribution >= 0.6 is 0 Å². The van der Waals surface area contributed by atoms with E-state index in [1.165, 1.54) is 0 Å². The molecule has 134 valence electrons. The molecule has 26 heavy (non-hydrogen) atoms. The maximum atomic E-state index is 4.69. The summed E-state index contributed by atoms with van der Waals surface area (Å²) in [6.45, 7) is 4.90. The van der Waals surface area contributed by atoms with Gasteiger partial charge in [0.05, 0.1) is 12.0 Å². The van der Waals surface area contributed by atoms with Crippen molar-refractivity contribution in [2.45, 2.75) is 32.2 Å². The van der Waals surface area contributed by atoms with Gasteiger partial charge in [0, 0.05) is 49.4 Å². The van der Waals surface area contributed by atoms with Gasteiger partial charge in [0.2, 0.25) is 5.95 Å². The third-order valence-corrected chi connectivity index (χ3v) is 4.54. The van der Waals surface area contributed by atoms with Crippen LogP contribution in [0.1, 0.15) is 36.0 Å². The summed E-state index contributed by atoms with van der Waals surface area (Å²) >= 11 is 0. The van der Waals surface area contributed by atoms with Gasteiger partial charge in [-0.05, 0) is 32.4 Å². The fourth-order valence-electron chi connectivity index (χ4n) is 3.39. The Hall–Kier alpha value is -2.87. The molecule has 1 saturated heterocycles. The van der Waals surface area contributed by atoms with Gasteiger partial charge in [0.25, 0.3) is 0 Å². The number of nitrogens with zero attached hydrogens (tertiary/aromatic N) is 6. The van der Waals surface area contributed by atoms with Crippen LogP contribution in [0.2, 0.25) is 0 Å². The van der Waals surface area contributed by atoms with Crippen molar-refractivity contribution < 1.29 is 0 Å². The summed E-state index contributed by atoms with van der Waals surface area (Å²) in [6.07, 6.45) is 9.33. The Kier molecular flexibility index (Phi) is 4.83. The number of anilines is 2. The lowest BCUT2D eigenvalue weighted by Crippen LogP contribution is -2.34. The van der Waals surface area contributed by atoms with E-state index in [1.54, 1.807) is 24.8 Å². The number of aryl methyl sites for hydroxylation is 1. The van der Waals surface area contributed by atoms with E-state index in [-0.39, 0.29) is 0 Å². The Labute approximate surface area is 152 Å². The third-order valence-electron chi connectivity index (χ3n) is 4.54. The van der Waals surface area contributed by atoms with Crippen LogP contribution in [0, 0.1) is 6.92 Å². The number of aromatic amines is 1. The Morgan fingerprint density at radius 3 is 2.96 bits per heavy atom. The van der Waals surface area contributed by atoms with E-state index in [0.29, 0.717) is 11.9 Å². The lowest BCUT2D eigenvalue weighted by Gasteiger charge is -2.32. The second-order valence-electron chi connectivity index (χ2n) is 6.57. The minimum absolute atomic E-state index is 0.394. The van der Waals surface area contributed by atoms with Crippen molar-refractivity contribution >= 4 is 11.8 Å².